The fraction of sp³-hybridized carbons (Fsp3) is 0.409. The molecule has 0 saturated heterocycles. The Kier molecular flexibility index (Phi) is 8.86. The van der Waals surface area contributed by atoms with Crippen molar-refractivity contribution in [1.29, 1.82) is 5.26 Å². The van der Waals surface area contributed by atoms with Gasteiger partial charge in [0.1, 0.15) is 6.04 Å². The van der Waals surface area contributed by atoms with Crippen LogP contribution in [0.25, 0.3) is 0 Å². The van der Waals surface area contributed by atoms with Crippen molar-refractivity contribution < 1.29 is 18.9 Å². The largest absolute Gasteiger partial charge is 0.493 e. The highest BCUT2D eigenvalue weighted by Crippen LogP contribution is 2.32. The van der Waals surface area contributed by atoms with Crippen molar-refractivity contribution in [2.24, 2.45) is 0 Å². The fourth-order valence-corrected chi connectivity index (χ4v) is 3.78. The van der Waals surface area contributed by atoms with Crippen molar-refractivity contribution in [3.63, 3.8) is 0 Å². The van der Waals surface area contributed by atoms with E-state index in [1.54, 1.807) is 28.4 Å². The van der Waals surface area contributed by atoms with Crippen LogP contribution >= 0.6 is 22.6 Å². The highest BCUT2D eigenvalue weighted by atomic mass is 127. The van der Waals surface area contributed by atoms with Crippen molar-refractivity contribution in [3.8, 4) is 29.1 Å². The first kappa shape index (κ1) is 23.1. The van der Waals surface area contributed by atoms with E-state index in [9.17, 15) is 5.26 Å². The van der Waals surface area contributed by atoms with Gasteiger partial charge in [-0.3, -0.25) is 4.90 Å². The van der Waals surface area contributed by atoms with Gasteiger partial charge in [0, 0.05) is 16.5 Å². The molecule has 0 aliphatic heterocycles. The summed E-state index contributed by atoms with van der Waals surface area (Å²) in [6.07, 6.45) is 1.41. The highest BCUT2D eigenvalue weighted by molar-refractivity contribution is 14.1. The quantitative estimate of drug-likeness (QED) is 0.452. The minimum atomic E-state index is -0.245. The van der Waals surface area contributed by atoms with E-state index in [1.807, 2.05) is 37.4 Å². The molecule has 1 unspecified atom stereocenters. The Hall–Kier alpha value is -2.18. The lowest BCUT2D eigenvalue weighted by Gasteiger charge is -2.23. The van der Waals surface area contributed by atoms with Crippen LogP contribution in [-0.4, -0.2) is 53.0 Å². The van der Waals surface area contributed by atoms with Crippen LogP contribution in [0.5, 0.6) is 23.0 Å². The average Bonchev–Trinajstić information content (AvgIpc) is 2.75. The Morgan fingerprint density at radius 1 is 0.931 bits per heavy atom. The summed E-state index contributed by atoms with van der Waals surface area (Å²) in [5, 5.41) is 9.70. The summed E-state index contributed by atoms with van der Waals surface area (Å²) in [6, 6.07) is 11.9. The Balaban J connectivity index is 2.07. The average molecular weight is 510 g/mol. The van der Waals surface area contributed by atoms with Crippen LogP contribution in [0.3, 0.4) is 0 Å². The standard InChI is InChI=1S/C22H27IN2O4/c1-25(9-8-16-12-21(28-4)22(29-5)13-18(16)23)17(14-24)10-15-6-7-19(26-2)20(11-15)27-3/h6-7,11-13,17H,8-10H2,1-5H3. The van der Waals surface area contributed by atoms with E-state index in [1.165, 1.54) is 0 Å². The van der Waals surface area contributed by atoms with Gasteiger partial charge in [0.15, 0.2) is 23.0 Å². The molecule has 0 aliphatic rings. The third-order valence-electron chi connectivity index (χ3n) is 4.84. The van der Waals surface area contributed by atoms with Crippen LogP contribution in [0.2, 0.25) is 0 Å². The van der Waals surface area contributed by atoms with Crippen LogP contribution in [0.1, 0.15) is 11.1 Å². The van der Waals surface area contributed by atoms with Crippen molar-refractivity contribution in [1.82, 2.24) is 4.90 Å². The van der Waals surface area contributed by atoms with Crippen molar-refractivity contribution in [2.75, 3.05) is 42.0 Å². The number of benzene rings is 2. The first-order valence-electron chi connectivity index (χ1n) is 9.18. The number of methoxy groups -OCH3 is 4. The number of nitriles is 1. The number of ether oxygens (including phenoxy) is 4. The molecule has 156 valence electrons. The molecule has 2 aromatic rings. The van der Waals surface area contributed by atoms with E-state index in [0.29, 0.717) is 23.7 Å². The number of likely N-dealkylation sites (N-methyl/N-ethyl adjacent to an activating group) is 1. The van der Waals surface area contributed by atoms with Crippen LogP contribution in [0, 0.1) is 14.9 Å². The molecule has 0 N–H and O–H groups in total. The molecule has 0 bridgehead atoms. The maximum Gasteiger partial charge on any atom is 0.161 e. The smallest absolute Gasteiger partial charge is 0.161 e. The SMILES string of the molecule is COc1ccc(CC(C#N)N(C)CCc2cc(OC)c(OC)cc2I)cc1OC. The van der Waals surface area contributed by atoms with E-state index in [2.05, 4.69) is 33.6 Å². The zero-order valence-corrected chi connectivity index (χ0v) is 19.6. The predicted molar refractivity (Wildman–Crippen MR) is 121 cm³/mol. The van der Waals surface area contributed by atoms with E-state index >= 15 is 0 Å². The monoisotopic (exact) mass is 510 g/mol. The van der Waals surface area contributed by atoms with Gasteiger partial charge in [-0.25, -0.2) is 0 Å². The van der Waals surface area contributed by atoms with Gasteiger partial charge in [0.05, 0.1) is 34.5 Å². The van der Waals surface area contributed by atoms with Crippen LogP contribution < -0.4 is 18.9 Å². The third-order valence-corrected chi connectivity index (χ3v) is 5.85. The number of nitrogens with zero attached hydrogens (tertiary/aromatic N) is 2. The first-order chi connectivity index (χ1) is 14.0. The van der Waals surface area contributed by atoms with Crippen molar-refractivity contribution in [2.45, 2.75) is 18.9 Å². The number of halogens is 1. The molecule has 6 nitrogen and oxygen atoms in total. The Morgan fingerprint density at radius 3 is 2.10 bits per heavy atom. The lowest BCUT2D eigenvalue weighted by atomic mass is 10.0. The molecule has 0 aromatic heterocycles. The molecule has 0 heterocycles. The molecular formula is C22H27IN2O4. The minimum absolute atomic E-state index is 0.245. The van der Waals surface area contributed by atoms with Gasteiger partial charge in [-0.15, -0.1) is 0 Å². The van der Waals surface area contributed by atoms with Crippen molar-refractivity contribution in [3.05, 3.63) is 45.0 Å². The van der Waals surface area contributed by atoms with Gasteiger partial charge in [0.25, 0.3) is 0 Å². The third kappa shape index (κ3) is 5.90. The molecule has 2 rings (SSSR count). The fourth-order valence-electron chi connectivity index (χ4n) is 3.07. The van der Waals surface area contributed by atoms with Gasteiger partial charge in [-0.1, -0.05) is 6.07 Å². The molecule has 29 heavy (non-hydrogen) atoms. The van der Waals surface area contributed by atoms with Gasteiger partial charge in [-0.05, 0) is 71.5 Å². The molecule has 0 spiro atoms. The second-order valence-electron chi connectivity index (χ2n) is 6.57. The Morgan fingerprint density at radius 2 is 1.52 bits per heavy atom. The first-order valence-corrected chi connectivity index (χ1v) is 10.3. The highest BCUT2D eigenvalue weighted by Gasteiger charge is 2.17. The normalized spacial score (nSPS) is 11.7. The van der Waals surface area contributed by atoms with Crippen LogP contribution in [-0.2, 0) is 12.8 Å². The van der Waals surface area contributed by atoms with E-state index in [4.69, 9.17) is 18.9 Å². The summed E-state index contributed by atoms with van der Waals surface area (Å²) in [4.78, 5) is 2.07. The number of rotatable bonds is 10. The van der Waals surface area contributed by atoms with E-state index in [0.717, 1.165) is 33.4 Å². The molecule has 0 amide bonds. The lowest BCUT2D eigenvalue weighted by Crippen LogP contribution is -2.34. The lowest BCUT2D eigenvalue weighted by molar-refractivity contribution is 0.288. The maximum absolute atomic E-state index is 9.70. The van der Waals surface area contributed by atoms with E-state index < -0.39 is 0 Å². The van der Waals surface area contributed by atoms with Gasteiger partial charge in [0.2, 0.25) is 0 Å². The molecular weight excluding hydrogens is 483 g/mol. The maximum atomic E-state index is 9.70. The topological polar surface area (TPSA) is 64.0 Å². The minimum Gasteiger partial charge on any atom is -0.493 e. The summed E-state index contributed by atoms with van der Waals surface area (Å²) in [6.45, 7) is 0.747. The summed E-state index contributed by atoms with van der Waals surface area (Å²) in [7, 11) is 8.46. The second kappa shape index (κ2) is 11.1. The molecule has 0 radical (unpaired) electrons. The second-order valence-corrected chi connectivity index (χ2v) is 7.73. The number of hydrogen-bond acceptors (Lipinski definition) is 6. The predicted octanol–water partition coefficient (Wildman–Crippen LogP) is 3.93. The van der Waals surface area contributed by atoms with Crippen LogP contribution in [0.4, 0.5) is 0 Å². The molecule has 2 aromatic carbocycles. The molecule has 0 aliphatic carbocycles. The summed E-state index contributed by atoms with van der Waals surface area (Å²) in [5.74, 6) is 2.79. The van der Waals surface area contributed by atoms with E-state index in [-0.39, 0.29) is 6.04 Å². The zero-order valence-electron chi connectivity index (χ0n) is 17.5. The summed E-state index contributed by atoms with van der Waals surface area (Å²) >= 11 is 2.30. The molecule has 7 heteroatoms. The molecule has 1 atom stereocenters. The molecule has 0 fully saturated rings. The van der Waals surface area contributed by atoms with Gasteiger partial charge < -0.3 is 18.9 Å². The summed E-state index contributed by atoms with van der Waals surface area (Å²) < 4.78 is 22.5. The Labute approximate surface area is 186 Å². The van der Waals surface area contributed by atoms with Gasteiger partial charge >= 0.3 is 0 Å². The van der Waals surface area contributed by atoms with Crippen molar-refractivity contribution >= 4 is 22.6 Å². The zero-order chi connectivity index (χ0) is 21.4. The Bertz CT molecular complexity index is 867. The summed E-state index contributed by atoms with van der Waals surface area (Å²) in [5.41, 5.74) is 2.19. The van der Waals surface area contributed by atoms with Crippen LogP contribution in [0.15, 0.2) is 30.3 Å². The number of hydrogen-bond donors (Lipinski definition) is 0. The van der Waals surface area contributed by atoms with Gasteiger partial charge in [-0.2, -0.15) is 5.26 Å². The molecule has 0 saturated carbocycles.